The molecule has 7 nitrogen and oxygen atoms in total. The van der Waals surface area contributed by atoms with Crippen molar-refractivity contribution < 1.29 is 4.52 Å². The van der Waals surface area contributed by atoms with Gasteiger partial charge in [-0.25, -0.2) is 9.97 Å². The maximum atomic E-state index is 4.96. The maximum absolute atomic E-state index is 4.96. The number of nitrogens with zero attached hydrogens (tertiary/aromatic N) is 4. The van der Waals surface area contributed by atoms with E-state index in [0.29, 0.717) is 18.3 Å². The van der Waals surface area contributed by atoms with Gasteiger partial charge in [-0.2, -0.15) is 4.98 Å². The average Bonchev–Trinajstić information content (AvgIpc) is 2.85. The van der Waals surface area contributed by atoms with Crippen molar-refractivity contribution in [2.24, 2.45) is 0 Å². The average molecular weight is 290 g/mol. The second-order valence-corrected chi connectivity index (χ2v) is 5.17. The van der Waals surface area contributed by atoms with E-state index >= 15 is 0 Å². The molecule has 0 aliphatic rings. The second-order valence-electron chi connectivity index (χ2n) is 5.17. The molecule has 0 unspecified atom stereocenters. The van der Waals surface area contributed by atoms with Gasteiger partial charge in [0.15, 0.2) is 5.82 Å². The van der Waals surface area contributed by atoms with E-state index in [4.69, 9.17) is 4.52 Å². The Labute approximate surface area is 124 Å². The van der Waals surface area contributed by atoms with Crippen molar-refractivity contribution in [2.75, 3.05) is 17.2 Å². The van der Waals surface area contributed by atoms with Gasteiger partial charge in [0.25, 0.3) is 0 Å². The SMILES string of the molecule is CCNc1nc(C(C)C)nc(NCc2noc(C)n2)c1C. The number of aromatic nitrogens is 4. The quantitative estimate of drug-likeness (QED) is 0.845. The van der Waals surface area contributed by atoms with Crippen LogP contribution in [0, 0.1) is 13.8 Å². The summed E-state index contributed by atoms with van der Waals surface area (Å²) in [4.78, 5) is 13.3. The van der Waals surface area contributed by atoms with Crippen LogP contribution in [0.5, 0.6) is 0 Å². The number of hydrogen-bond acceptors (Lipinski definition) is 7. The van der Waals surface area contributed by atoms with Gasteiger partial charge in [0.2, 0.25) is 5.89 Å². The Morgan fingerprint density at radius 2 is 1.71 bits per heavy atom. The zero-order valence-electron chi connectivity index (χ0n) is 13.2. The van der Waals surface area contributed by atoms with Crippen molar-refractivity contribution in [3.8, 4) is 0 Å². The van der Waals surface area contributed by atoms with E-state index in [-0.39, 0.29) is 5.92 Å². The fourth-order valence-corrected chi connectivity index (χ4v) is 1.88. The minimum absolute atomic E-state index is 0.260. The Balaban J connectivity index is 2.23. The molecule has 2 aromatic rings. The summed E-state index contributed by atoms with van der Waals surface area (Å²) in [6.07, 6.45) is 0. The summed E-state index contributed by atoms with van der Waals surface area (Å²) in [5, 5.41) is 10.4. The number of hydrogen-bond donors (Lipinski definition) is 2. The maximum Gasteiger partial charge on any atom is 0.223 e. The molecule has 21 heavy (non-hydrogen) atoms. The molecule has 114 valence electrons. The van der Waals surface area contributed by atoms with E-state index in [9.17, 15) is 0 Å². The summed E-state index contributed by atoms with van der Waals surface area (Å²) in [6, 6.07) is 0. The number of nitrogens with one attached hydrogen (secondary N) is 2. The van der Waals surface area contributed by atoms with Crippen LogP contribution in [0.4, 0.5) is 11.6 Å². The van der Waals surface area contributed by atoms with Gasteiger partial charge in [-0.3, -0.25) is 0 Å². The highest BCUT2D eigenvalue weighted by atomic mass is 16.5. The topological polar surface area (TPSA) is 88.8 Å². The third kappa shape index (κ3) is 3.68. The molecule has 2 aromatic heterocycles. The molecule has 7 heteroatoms. The van der Waals surface area contributed by atoms with Gasteiger partial charge < -0.3 is 15.2 Å². The summed E-state index contributed by atoms with van der Waals surface area (Å²) in [5.74, 6) is 3.90. The van der Waals surface area contributed by atoms with Gasteiger partial charge in [-0.05, 0) is 13.8 Å². The van der Waals surface area contributed by atoms with Crippen molar-refractivity contribution >= 4 is 11.6 Å². The zero-order valence-corrected chi connectivity index (χ0v) is 13.2. The first-order valence-corrected chi connectivity index (χ1v) is 7.16. The molecule has 0 saturated heterocycles. The number of rotatable bonds is 6. The molecule has 0 aromatic carbocycles. The molecule has 2 heterocycles. The minimum Gasteiger partial charge on any atom is -0.370 e. The molecule has 0 aliphatic carbocycles. The van der Waals surface area contributed by atoms with E-state index in [1.807, 2.05) is 13.8 Å². The van der Waals surface area contributed by atoms with Gasteiger partial charge in [0.05, 0.1) is 6.54 Å². The summed E-state index contributed by atoms with van der Waals surface area (Å²) in [7, 11) is 0. The van der Waals surface area contributed by atoms with E-state index < -0.39 is 0 Å². The summed E-state index contributed by atoms with van der Waals surface area (Å²) in [5.41, 5.74) is 0.987. The lowest BCUT2D eigenvalue weighted by molar-refractivity contribution is 0.388. The van der Waals surface area contributed by atoms with Crippen LogP contribution in [-0.4, -0.2) is 26.7 Å². The van der Waals surface area contributed by atoms with E-state index in [1.54, 1.807) is 6.92 Å². The molecule has 0 spiro atoms. The van der Waals surface area contributed by atoms with Gasteiger partial charge >= 0.3 is 0 Å². The minimum atomic E-state index is 0.260. The van der Waals surface area contributed by atoms with Crippen molar-refractivity contribution in [2.45, 2.75) is 47.1 Å². The molecule has 0 amide bonds. The van der Waals surface area contributed by atoms with Gasteiger partial charge in [0.1, 0.15) is 17.5 Å². The first kappa shape index (κ1) is 15.2. The fourth-order valence-electron chi connectivity index (χ4n) is 1.88. The largest absolute Gasteiger partial charge is 0.370 e. The monoisotopic (exact) mass is 290 g/mol. The lowest BCUT2D eigenvalue weighted by Gasteiger charge is -2.15. The molecule has 0 bridgehead atoms. The summed E-state index contributed by atoms with van der Waals surface area (Å²) >= 11 is 0. The molecule has 0 radical (unpaired) electrons. The van der Waals surface area contributed by atoms with Crippen LogP contribution in [-0.2, 0) is 6.54 Å². The molecule has 0 saturated carbocycles. The molecular weight excluding hydrogens is 268 g/mol. The van der Waals surface area contributed by atoms with E-state index in [1.165, 1.54) is 0 Å². The highest BCUT2D eigenvalue weighted by Crippen LogP contribution is 2.23. The summed E-state index contributed by atoms with van der Waals surface area (Å²) in [6.45, 7) is 11.3. The Morgan fingerprint density at radius 1 is 1.05 bits per heavy atom. The van der Waals surface area contributed by atoms with Crippen molar-refractivity contribution in [1.29, 1.82) is 0 Å². The van der Waals surface area contributed by atoms with Gasteiger partial charge in [0, 0.05) is 24.9 Å². The predicted octanol–water partition coefficient (Wildman–Crippen LogP) is 2.64. The van der Waals surface area contributed by atoms with Crippen LogP contribution in [0.15, 0.2) is 4.52 Å². The first-order valence-electron chi connectivity index (χ1n) is 7.16. The third-order valence-corrected chi connectivity index (χ3v) is 3.01. The molecule has 0 atom stereocenters. The van der Waals surface area contributed by atoms with Gasteiger partial charge in [-0.1, -0.05) is 19.0 Å². The number of anilines is 2. The molecular formula is C14H22N6O. The predicted molar refractivity (Wildman–Crippen MR) is 81.4 cm³/mol. The third-order valence-electron chi connectivity index (χ3n) is 3.01. The van der Waals surface area contributed by atoms with Crippen molar-refractivity contribution in [1.82, 2.24) is 20.1 Å². The highest BCUT2D eigenvalue weighted by molar-refractivity contribution is 5.57. The molecule has 2 N–H and O–H groups in total. The first-order chi connectivity index (χ1) is 10.0. The fraction of sp³-hybridized carbons (Fsp3) is 0.571. The van der Waals surface area contributed by atoms with Crippen LogP contribution in [0.3, 0.4) is 0 Å². The highest BCUT2D eigenvalue weighted by Gasteiger charge is 2.13. The van der Waals surface area contributed by atoms with Gasteiger partial charge in [-0.15, -0.1) is 0 Å². The van der Waals surface area contributed by atoms with E-state index in [0.717, 1.165) is 29.6 Å². The standard InChI is InChI=1S/C14H22N6O/c1-6-15-13-9(4)14(19-12(18-13)8(2)3)16-7-11-17-10(5)21-20-11/h8H,6-7H2,1-5H3,(H2,15,16,18,19). The molecule has 0 fully saturated rings. The molecule has 2 rings (SSSR count). The summed E-state index contributed by atoms with van der Waals surface area (Å²) < 4.78 is 4.96. The van der Waals surface area contributed by atoms with Crippen LogP contribution in [0.2, 0.25) is 0 Å². The number of aryl methyl sites for hydroxylation is 1. The Hall–Kier alpha value is -2.18. The van der Waals surface area contributed by atoms with Crippen LogP contribution in [0.1, 0.15) is 49.8 Å². The molecule has 0 aliphatic heterocycles. The Morgan fingerprint density at radius 3 is 2.24 bits per heavy atom. The normalized spacial score (nSPS) is 11.0. The van der Waals surface area contributed by atoms with E-state index in [2.05, 4.69) is 44.6 Å². The van der Waals surface area contributed by atoms with Crippen molar-refractivity contribution in [3.63, 3.8) is 0 Å². The van der Waals surface area contributed by atoms with Crippen LogP contribution in [0.25, 0.3) is 0 Å². The Kier molecular flexibility index (Phi) is 4.72. The zero-order chi connectivity index (χ0) is 15.4. The van der Waals surface area contributed by atoms with Crippen LogP contribution >= 0.6 is 0 Å². The second kappa shape index (κ2) is 6.51. The van der Waals surface area contributed by atoms with Crippen molar-refractivity contribution in [3.05, 3.63) is 23.1 Å². The lowest BCUT2D eigenvalue weighted by Crippen LogP contribution is -2.12. The Bertz CT molecular complexity index is 608. The lowest BCUT2D eigenvalue weighted by atomic mass is 10.2. The smallest absolute Gasteiger partial charge is 0.223 e. The van der Waals surface area contributed by atoms with Crippen LogP contribution < -0.4 is 10.6 Å².